The molecular formula is C10H10ClN3O2. The van der Waals surface area contributed by atoms with Crippen LogP contribution in [0, 0.1) is 0 Å². The highest BCUT2D eigenvalue weighted by Crippen LogP contribution is 2.33. The van der Waals surface area contributed by atoms with Crippen LogP contribution in [0.2, 0.25) is 5.02 Å². The highest BCUT2D eigenvalue weighted by Gasteiger charge is 2.15. The zero-order chi connectivity index (χ0) is 11.5. The number of aromatic nitrogens is 2. The molecule has 0 aliphatic heterocycles. The Bertz CT molecular complexity index is 478. The van der Waals surface area contributed by atoms with Crippen molar-refractivity contribution in [3.63, 3.8) is 0 Å². The van der Waals surface area contributed by atoms with Gasteiger partial charge in [-0.3, -0.25) is 0 Å². The van der Waals surface area contributed by atoms with Gasteiger partial charge in [-0.2, -0.15) is 0 Å². The maximum absolute atomic E-state index is 6.00. The summed E-state index contributed by atoms with van der Waals surface area (Å²) in [5.74, 6) is 0.256. The van der Waals surface area contributed by atoms with E-state index < -0.39 is 0 Å². The first-order chi connectivity index (χ1) is 7.72. The van der Waals surface area contributed by atoms with Crippen molar-refractivity contribution < 1.29 is 9.15 Å². The van der Waals surface area contributed by atoms with E-state index in [2.05, 4.69) is 10.2 Å². The molecular weight excluding hydrogens is 230 g/mol. The molecule has 2 N–H and O–H groups in total. The molecule has 0 spiro atoms. The van der Waals surface area contributed by atoms with Crippen LogP contribution in [0.4, 0.5) is 5.69 Å². The average molecular weight is 240 g/mol. The Kier molecular flexibility index (Phi) is 2.96. The maximum Gasteiger partial charge on any atom is 0.414 e. The van der Waals surface area contributed by atoms with Gasteiger partial charge in [0.05, 0.1) is 17.2 Å². The predicted octanol–water partition coefficient (Wildman–Crippen LogP) is 2.37. The van der Waals surface area contributed by atoms with Gasteiger partial charge in [0.2, 0.25) is 0 Å². The monoisotopic (exact) mass is 239 g/mol. The Hall–Kier alpha value is -1.75. The molecule has 5 nitrogen and oxygen atoms in total. The highest BCUT2D eigenvalue weighted by atomic mass is 35.5. The summed E-state index contributed by atoms with van der Waals surface area (Å²) in [4.78, 5) is 0. The van der Waals surface area contributed by atoms with Gasteiger partial charge in [-0.25, -0.2) is 0 Å². The van der Waals surface area contributed by atoms with E-state index in [4.69, 9.17) is 26.5 Å². The summed E-state index contributed by atoms with van der Waals surface area (Å²) in [5.41, 5.74) is 6.80. The molecule has 84 valence electrons. The second-order valence-electron chi connectivity index (χ2n) is 3.01. The Morgan fingerprint density at radius 3 is 2.94 bits per heavy atom. The summed E-state index contributed by atoms with van der Waals surface area (Å²) >= 11 is 6.00. The zero-order valence-electron chi connectivity index (χ0n) is 8.61. The lowest BCUT2D eigenvalue weighted by molar-refractivity contribution is 0.247. The van der Waals surface area contributed by atoms with E-state index in [1.54, 1.807) is 18.2 Å². The number of rotatable bonds is 3. The van der Waals surface area contributed by atoms with Gasteiger partial charge in [-0.05, 0) is 19.1 Å². The van der Waals surface area contributed by atoms with Crippen LogP contribution in [-0.2, 0) is 0 Å². The quantitative estimate of drug-likeness (QED) is 0.833. The Labute approximate surface area is 97.2 Å². The van der Waals surface area contributed by atoms with E-state index >= 15 is 0 Å². The molecule has 0 aliphatic rings. The lowest BCUT2D eigenvalue weighted by Crippen LogP contribution is -1.90. The van der Waals surface area contributed by atoms with Gasteiger partial charge < -0.3 is 14.9 Å². The van der Waals surface area contributed by atoms with Crippen molar-refractivity contribution in [1.82, 2.24) is 10.2 Å². The van der Waals surface area contributed by atoms with E-state index in [9.17, 15) is 0 Å². The van der Waals surface area contributed by atoms with Crippen molar-refractivity contribution in [2.24, 2.45) is 0 Å². The molecule has 1 heterocycles. The SMILES string of the molecule is CCOc1nnc(-c2c(N)cccc2Cl)o1. The van der Waals surface area contributed by atoms with Crippen LogP contribution in [0.5, 0.6) is 6.08 Å². The molecule has 2 rings (SSSR count). The topological polar surface area (TPSA) is 74.2 Å². The number of nitrogen functional groups attached to an aromatic ring is 1. The largest absolute Gasteiger partial charge is 0.449 e. The number of nitrogens with two attached hydrogens (primary N) is 1. The number of anilines is 1. The van der Waals surface area contributed by atoms with Crippen LogP contribution in [-0.4, -0.2) is 16.8 Å². The minimum Gasteiger partial charge on any atom is -0.449 e. The van der Waals surface area contributed by atoms with Gasteiger partial charge in [-0.15, -0.1) is 5.10 Å². The fourth-order valence-electron chi connectivity index (χ4n) is 1.26. The van der Waals surface area contributed by atoms with Crippen LogP contribution in [0.15, 0.2) is 22.6 Å². The molecule has 6 heteroatoms. The summed E-state index contributed by atoms with van der Waals surface area (Å²) in [6, 6.07) is 5.17. The fraction of sp³-hybridized carbons (Fsp3) is 0.200. The number of ether oxygens (including phenoxy) is 1. The molecule has 1 aromatic heterocycles. The molecule has 0 unspecified atom stereocenters. The molecule has 0 saturated carbocycles. The first kappa shape index (κ1) is 10.8. The molecule has 16 heavy (non-hydrogen) atoms. The summed E-state index contributed by atoms with van der Waals surface area (Å²) in [6.45, 7) is 2.29. The van der Waals surface area contributed by atoms with Crippen molar-refractivity contribution in [2.45, 2.75) is 6.92 Å². The van der Waals surface area contributed by atoms with E-state index in [0.717, 1.165) is 0 Å². The third-order valence-electron chi connectivity index (χ3n) is 1.93. The van der Waals surface area contributed by atoms with Crippen molar-refractivity contribution in [2.75, 3.05) is 12.3 Å². The maximum atomic E-state index is 6.00. The van der Waals surface area contributed by atoms with Gasteiger partial charge in [0.15, 0.2) is 0 Å². The smallest absolute Gasteiger partial charge is 0.414 e. The van der Waals surface area contributed by atoms with Crippen molar-refractivity contribution >= 4 is 17.3 Å². The molecule has 2 aromatic rings. The number of benzene rings is 1. The molecule has 0 amide bonds. The summed E-state index contributed by atoms with van der Waals surface area (Å²) in [7, 11) is 0. The fourth-order valence-corrected chi connectivity index (χ4v) is 1.52. The number of halogens is 1. The van der Waals surface area contributed by atoms with Crippen LogP contribution >= 0.6 is 11.6 Å². The van der Waals surface area contributed by atoms with E-state index in [0.29, 0.717) is 22.9 Å². The van der Waals surface area contributed by atoms with Gasteiger partial charge >= 0.3 is 6.08 Å². The minimum atomic E-state index is 0.108. The Morgan fingerprint density at radius 1 is 1.44 bits per heavy atom. The van der Waals surface area contributed by atoms with Crippen LogP contribution in [0.3, 0.4) is 0 Å². The Morgan fingerprint density at radius 2 is 2.25 bits per heavy atom. The van der Waals surface area contributed by atoms with Crippen LogP contribution in [0.25, 0.3) is 11.5 Å². The normalized spacial score (nSPS) is 10.4. The lowest BCUT2D eigenvalue weighted by Gasteiger charge is -2.02. The summed E-state index contributed by atoms with van der Waals surface area (Å²) in [5, 5.41) is 8.00. The van der Waals surface area contributed by atoms with E-state index in [1.165, 1.54) is 0 Å². The minimum absolute atomic E-state index is 0.108. The van der Waals surface area contributed by atoms with Crippen LogP contribution < -0.4 is 10.5 Å². The summed E-state index contributed by atoms with van der Waals surface area (Å²) < 4.78 is 10.3. The first-order valence-corrected chi connectivity index (χ1v) is 5.11. The third-order valence-corrected chi connectivity index (χ3v) is 2.25. The molecule has 0 atom stereocenters. The van der Waals surface area contributed by atoms with Crippen molar-refractivity contribution in [3.05, 3.63) is 23.2 Å². The Balaban J connectivity index is 2.42. The van der Waals surface area contributed by atoms with Crippen LogP contribution in [0.1, 0.15) is 6.92 Å². The summed E-state index contributed by atoms with van der Waals surface area (Å²) in [6.07, 6.45) is 0.108. The van der Waals surface area contributed by atoms with Gasteiger partial charge in [0.1, 0.15) is 0 Å². The average Bonchev–Trinajstić information content (AvgIpc) is 2.67. The zero-order valence-corrected chi connectivity index (χ0v) is 9.36. The molecule has 1 aromatic carbocycles. The third kappa shape index (κ3) is 1.94. The standard InChI is InChI=1S/C10H10ClN3O2/c1-2-15-10-14-13-9(16-10)8-6(11)4-3-5-7(8)12/h3-5H,2,12H2,1H3. The predicted molar refractivity (Wildman–Crippen MR) is 60.3 cm³/mol. The van der Waals surface area contributed by atoms with Gasteiger partial charge in [-0.1, -0.05) is 22.8 Å². The number of hydrogen-bond donors (Lipinski definition) is 1. The molecule has 0 aliphatic carbocycles. The van der Waals surface area contributed by atoms with Gasteiger partial charge in [0, 0.05) is 5.69 Å². The first-order valence-electron chi connectivity index (χ1n) is 4.73. The lowest BCUT2D eigenvalue weighted by atomic mass is 10.2. The van der Waals surface area contributed by atoms with Gasteiger partial charge in [0.25, 0.3) is 5.89 Å². The second-order valence-corrected chi connectivity index (χ2v) is 3.42. The molecule has 0 bridgehead atoms. The number of hydrogen-bond acceptors (Lipinski definition) is 5. The second kappa shape index (κ2) is 4.40. The van der Waals surface area contributed by atoms with E-state index in [1.807, 2.05) is 6.92 Å². The van der Waals surface area contributed by atoms with Crippen molar-refractivity contribution in [1.29, 1.82) is 0 Å². The molecule has 0 saturated heterocycles. The molecule has 0 fully saturated rings. The highest BCUT2D eigenvalue weighted by molar-refractivity contribution is 6.33. The molecule has 0 radical (unpaired) electrons. The van der Waals surface area contributed by atoms with E-state index in [-0.39, 0.29) is 12.0 Å². The van der Waals surface area contributed by atoms with Crippen molar-refractivity contribution in [3.8, 4) is 17.5 Å². The number of nitrogens with zero attached hydrogens (tertiary/aromatic N) is 2.